The van der Waals surface area contributed by atoms with Gasteiger partial charge in [-0.1, -0.05) is 19.4 Å². The van der Waals surface area contributed by atoms with Gasteiger partial charge in [-0.15, -0.1) is 0 Å². The maximum absolute atomic E-state index is 12.3. The number of carbonyl (C=O) groups is 2. The minimum Gasteiger partial charge on any atom is -0.504 e. The molecule has 1 heterocycles. The van der Waals surface area contributed by atoms with Gasteiger partial charge >= 0.3 is 5.97 Å². The Hall–Kier alpha value is -2.70. The molecule has 1 aromatic carbocycles. The van der Waals surface area contributed by atoms with E-state index >= 15 is 0 Å². The van der Waals surface area contributed by atoms with E-state index in [1.54, 1.807) is 13.0 Å². The van der Waals surface area contributed by atoms with Gasteiger partial charge < -0.3 is 44.8 Å². The third kappa shape index (κ3) is 6.60. The highest BCUT2D eigenvalue weighted by atomic mass is 16.7. The Morgan fingerprint density at radius 1 is 1.11 bits per heavy atom. The summed E-state index contributed by atoms with van der Waals surface area (Å²) in [5.74, 6) is -2.95. The van der Waals surface area contributed by atoms with Crippen LogP contribution in [0.15, 0.2) is 23.8 Å². The number of esters is 1. The van der Waals surface area contributed by atoms with Crippen LogP contribution in [0.2, 0.25) is 0 Å². The second-order valence-electron chi connectivity index (χ2n) is 10.6. The summed E-state index contributed by atoms with van der Waals surface area (Å²) in [7, 11) is 0. The van der Waals surface area contributed by atoms with Crippen molar-refractivity contribution >= 4 is 11.8 Å². The summed E-state index contributed by atoms with van der Waals surface area (Å²) in [6.07, 6.45) is -4.29. The molecule has 1 saturated heterocycles. The predicted molar refractivity (Wildman–Crippen MR) is 129 cm³/mol. The minimum atomic E-state index is -1.63. The van der Waals surface area contributed by atoms with Crippen molar-refractivity contribution in [1.29, 1.82) is 0 Å². The van der Waals surface area contributed by atoms with Crippen molar-refractivity contribution in [3.8, 4) is 17.2 Å². The van der Waals surface area contributed by atoms with E-state index in [4.69, 9.17) is 14.2 Å². The zero-order chi connectivity index (χ0) is 27.7. The average molecular weight is 525 g/mol. The number of hydrogen-bond donors (Lipinski definition) is 6. The van der Waals surface area contributed by atoms with Crippen LogP contribution in [0.25, 0.3) is 0 Å². The second-order valence-corrected chi connectivity index (χ2v) is 10.6. The lowest BCUT2D eigenvalue weighted by molar-refractivity contribution is -0.310. The molecule has 7 atom stereocenters. The number of phenolic OH excluding ortho intramolecular Hbond substituents is 3. The number of hydrogen-bond acceptors (Lipinski definition) is 11. The first-order valence-corrected chi connectivity index (χ1v) is 12.2. The first kappa shape index (κ1) is 28.9. The summed E-state index contributed by atoms with van der Waals surface area (Å²) in [5, 5.41) is 59.6. The van der Waals surface area contributed by atoms with Gasteiger partial charge in [0.2, 0.25) is 0 Å². The van der Waals surface area contributed by atoms with Crippen LogP contribution in [0, 0.1) is 11.3 Å². The average Bonchev–Trinajstić information content (AvgIpc) is 2.80. The van der Waals surface area contributed by atoms with Crippen LogP contribution in [-0.2, 0) is 19.0 Å². The van der Waals surface area contributed by atoms with Crippen LogP contribution < -0.4 is 0 Å². The number of carbonyl (C=O) groups excluding carboxylic acids is 2. The fourth-order valence-electron chi connectivity index (χ4n) is 5.04. The molecule has 0 bridgehead atoms. The van der Waals surface area contributed by atoms with Crippen molar-refractivity contribution in [1.82, 2.24) is 0 Å². The van der Waals surface area contributed by atoms with Crippen molar-refractivity contribution in [2.24, 2.45) is 11.3 Å². The maximum atomic E-state index is 12.3. The largest absolute Gasteiger partial charge is 0.504 e. The Kier molecular flexibility index (Phi) is 8.86. The highest BCUT2D eigenvalue weighted by molar-refractivity contribution is 5.92. The highest BCUT2D eigenvalue weighted by Crippen LogP contribution is 2.42. The maximum Gasteiger partial charge on any atom is 0.338 e. The molecule has 2 aliphatic rings. The molecular formula is C26H36O11. The lowest BCUT2D eigenvalue weighted by atomic mass is 9.66. The molecule has 0 radical (unpaired) electrons. The molecule has 206 valence electrons. The standard InChI is InChI=1S/C26H36O11/c1-12-7-15(27)10-26(3,4)16(12)6-5-13(2)36-25-23(33)22(32)21(31)19(37-25)11-35-24(34)14-8-17(28)20(30)18(29)9-14/h7-9,13,16,19,21-23,25,28-33H,5-6,10-11H2,1-4H3/t13-,16+,19-,21+,22+,23+,25+/m0/s1. The highest BCUT2D eigenvalue weighted by Gasteiger charge is 2.45. The first-order chi connectivity index (χ1) is 17.2. The Morgan fingerprint density at radius 3 is 2.32 bits per heavy atom. The van der Waals surface area contributed by atoms with E-state index < -0.39 is 66.6 Å². The van der Waals surface area contributed by atoms with Crippen molar-refractivity contribution < 1.29 is 54.4 Å². The van der Waals surface area contributed by atoms with Crippen molar-refractivity contribution in [3.63, 3.8) is 0 Å². The first-order valence-electron chi connectivity index (χ1n) is 12.2. The van der Waals surface area contributed by atoms with Gasteiger partial charge in [-0.3, -0.25) is 4.79 Å². The van der Waals surface area contributed by atoms with Crippen LogP contribution in [0.5, 0.6) is 17.2 Å². The molecule has 11 nitrogen and oxygen atoms in total. The number of benzene rings is 1. The van der Waals surface area contributed by atoms with Crippen LogP contribution in [0.4, 0.5) is 0 Å². The van der Waals surface area contributed by atoms with E-state index in [2.05, 4.69) is 13.8 Å². The molecule has 3 rings (SSSR count). The summed E-state index contributed by atoms with van der Waals surface area (Å²) in [5.41, 5.74) is 0.548. The molecule has 6 N–H and O–H groups in total. The lowest BCUT2D eigenvalue weighted by Crippen LogP contribution is -2.59. The lowest BCUT2D eigenvalue weighted by Gasteiger charge is -2.41. The van der Waals surface area contributed by atoms with Gasteiger partial charge in [0.25, 0.3) is 0 Å². The predicted octanol–water partition coefficient (Wildman–Crippen LogP) is 1.51. The zero-order valence-electron chi connectivity index (χ0n) is 21.3. The quantitative estimate of drug-likeness (QED) is 0.214. The van der Waals surface area contributed by atoms with Gasteiger partial charge in [0, 0.05) is 6.42 Å². The molecule has 0 unspecified atom stereocenters. The molecule has 0 spiro atoms. The number of phenols is 3. The third-order valence-electron chi connectivity index (χ3n) is 7.09. The molecule has 11 heteroatoms. The summed E-state index contributed by atoms with van der Waals surface area (Å²) in [4.78, 5) is 24.2. The van der Waals surface area contributed by atoms with Gasteiger partial charge in [0.1, 0.15) is 31.0 Å². The number of aromatic hydroxyl groups is 3. The fourth-order valence-corrected chi connectivity index (χ4v) is 5.04. The van der Waals surface area contributed by atoms with E-state index in [0.29, 0.717) is 12.8 Å². The van der Waals surface area contributed by atoms with E-state index in [1.165, 1.54) is 0 Å². The monoisotopic (exact) mass is 524 g/mol. The molecular weight excluding hydrogens is 488 g/mol. The summed E-state index contributed by atoms with van der Waals surface area (Å²) in [6.45, 7) is 7.29. The van der Waals surface area contributed by atoms with E-state index in [0.717, 1.165) is 24.1 Å². The molecule has 37 heavy (non-hydrogen) atoms. The Labute approximate surface area is 214 Å². The van der Waals surface area contributed by atoms with Crippen LogP contribution in [0.3, 0.4) is 0 Å². The fraction of sp³-hybridized carbons (Fsp3) is 0.615. The number of ketones is 1. The van der Waals surface area contributed by atoms with Crippen molar-refractivity contribution in [2.75, 3.05) is 6.61 Å². The van der Waals surface area contributed by atoms with E-state index in [1.807, 2.05) is 6.92 Å². The smallest absolute Gasteiger partial charge is 0.338 e. The number of rotatable bonds is 8. The van der Waals surface area contributed by atoms with E-state index in [-0.39, 0.29) is 22.7 Å². The van der Waals surface area contributed by atoms with Gasteiger partial charge in [-0.05, 0) is 56.2 Å². The second kappa shape index (κ2) is 11.4. The SMILES string of the molecule is CC1=CC(=O)CC(C)(C)[C@@H]1CC[C@H](C)O[C@@H]1O[C@@H](COC(=O)c2cc(O)c(O)c(O)c2)[C@@H](O)[C@@H](O)[C@H]1O. The summed E-state index contributed by atoms with van der Waals surface area (Å²) >= 11 is 0. The number of aliphatic hydroxyl groups excluding tert-OH is 3. The molecule has 1 aliphatic carbocycles. The number of aliphatic hydroxyl groups is 3. The van der Waals surface area contributed by atoms with Crippen LogP contribution in [0.1, 0.15) is 57.3 Å². The summed E-state index contributed by atoms with van der Waals surface area (Å²) < 4.78 is 16.5. The zero-order valence-corrected chi connectivity index (χ0v) is 21.3. The minimum absolute atomic E-state index is 0.111. The molecule has 0 amide bonds. The Morgan fingerprint density at radius 2 is 1.73 bits per heavy atom. The van der Waals surface area contributed by atoms with Crippen molar-refractivity contribution in [2.45, 2.75) is 83.8 Å². The molecule has 1 aromatic rings. The number of allylic oxidation sites excluding steroid dienone is 2. The van der Waals surface area contributed by atoms with Gasteiger partial charge in [-0.2, -0.15) is 0 Å². The van der Waals surface area contributed by atoms with Crippen LogP contribution >= 0.6 is 0 Å². The Bertz CT molecular complexity index is 1010. The van der Waals surface area contributed by atoms with Gasteiger partial charge in [0.15, 0.2) is 29.3 Å². The van der Waals surface area contributed by atoms with Crippen LogP contribution in [-0.4, -0.2) is 85.8 Å². The Balaban J connectivity index is 1.59. The van der Waals surface area contributed by atoms with E-state index in [9.17, 15) is 40.2 Å². The topological polar surface area (TPSA) is 183 Å². The van der Waals surface area contributed by atoms with Crippen molar-refractivity contribution in [3.05, 3.63) is 29.3 Å². The normalized spacial score (nSPS) is 30.5. The van der Waals surface area contributed by atoms with Gasteiger partial charge in [0.05, 0.1) is 11.7 Å². The summed E-state index contributed by atoms with van der Waals surface area (Å²) in [6, 6.07) is 1.78. The number of ether oxygens (including phenoxy) is 3. The molecule has 1 fully saturated rings. The molecule has 0 saturated carbocycles. The van der Waals surface area contributed by atoms with Gasteiger partial charge in [-0.25, -0.2) is 4.79 Å². The third-order valence-corrected chi connectivity index (χ3v) is 7.09. The molecule has 1 aliphatic heterocycles. The molecule has 0 aromatic heterocycles.